The molecule has 0 aliphatic carbocycles. The van der Waals surface area contributed by atoms with Crippen LogP contribution in [0, 0.1) is 42.9 Å². The van der Waals surface area contributed by atoms with Crippen LogP contribution in [0.4, 0.5) is 22.0 Å². The fourth-order valence-corrected chi connectivity index (χ4v) is 9.25. The zero-order valence-corrected chi connectivity index (χ0v) is 30.7. The topological polar surface area (TPSA) is 70.8 Å². The fourth-order valence-electron chi connectivity index (χ4n) is 5.09. The number of aryl methyl sites for hydroxylation is 2. The van der Waals surface area contributed by atoms with Crippen molar-refractivity contribution in [3.8, 4) is 0 Å². The molecule has 2 aliphatic rings. The van der Waals surface area contributed by atoms with Crippen LogP contribution in [-0.2, 0) is 0 Å². The Hall–Kier alpha value is -3.99. The molecular formula is C39H37F5N2O2Sn. The van der Waals surface area contributed by atoms with E-state index in [1.165, 1.54) is 50.0 Å². The molecule has 5 rings (SSSR count). The van der Waals surface area contributed by atoms with Crippen molar-refractivity contribution < 1.29 is 32.2 Å². The maximum atomic E-state index is 15.0. The number of nitrogens with zero attached hydrogens (tertiary/aromatic N) is 2. The molecule has 254 valence electrons. The monoisotopic (exact) mass is 780 g/mol. The van der Waals surface area contributed by atoms with E-state index in [0.29, 0.717) is 11.1 Å². The van der Waals surface area contributed by atoms with Crippen molar-refractivity contribution in [2.24, 2.45) is 9.98 Å². The second-order valence-electron chi connectivity index (χ2n) is 11.8. The van der Waals surface area contributed by atoms with Crippen molar-refractivity contribution in [2.45, 2.75) is 68.2 Å². The molecule has 3 aromatic carbocycles. The van der Waals surface area contributed by atoms with E-state index in [1.807, 2.05) is 13.8 Å². The van der Waals surface area contributed by atoms with Crippen molar-refractivity contribution in [3.63, 3.8) is 0 Å². The Morgan fingerprint density at radius 3 is 1.33 bits per heavy atom. The molecule has 0 amide bonds. The number of allylic oxidation sites excluding steroid dienone is 4. The number of hydrogen-bond acceptors (Lipinski definition) is 4. The minimum atomic E-state index is -2.31. The first-order valence-corrected chi connectivity index (χ1v) is 20.2. The first kappa shape index (κ1) is 37.8. The molecule has 4 nitrogen and oxygen atoms in total. The van der Waals surface area contributed by atoms with Crippen LogP contribution in [0.25, 0.3) is 11.5 Å². The molecule has 3 aromatic rings. The van der Waals surface area contributed by atoms with E-state index in [4.69, 9.17) is 0 Å². The van der Waals surface area contributed by atoms with Crippen LogP contribution >= 0.6 is 0 Å². The first-order valence-electron chi connectivity index (χ1n) is 16.2. The predicted octanol–water partition coefficient (Wildman–Crippen LogP) is 8.69. The van der Waals surface area contributed by atoms with Crippen molar-refractivity contribution >= 4 is 44.1 Å². The molecule has 10 heteroatoms. The summed E-state index contributed by atoms with van der Waals surface area (Å²) in [5.41, 5.74) is 0.634. The number of hydrogen-bond donors (Lipinski definition) is 0. The molecule has 0 aromatic heterocycles. The van der Waals surface area contributed by atoms with Crippen LogP contribution in [0.5, 0.6) is 0 Å². The van der Waals surface area contributed by atoms with Gasteiger partial charge in [-0.2, -0.15) is 0 Å². The molecule has 0 spiro atoms. The summed E-state index contributed by atoms with van der Waals surface area (Å²) in [7, 11) is 0. The Bertz CT molecular complexity index is 1710. The van der Waals surface area contributed by atoms with Crippen molar-refractivity contribution in [1.82, 2.24) is 0 Å². The molecule has 0 N–H and O–H groups in total. The van der Waals surface area contributed by atoms with Crippen molar-refractivity contribution in [3.05, 3.63) is 141 Å². The quantitative estimate of drug-likeness (QED) is 0.0489. The van der Waals surface area contributed by atoms with Gasteiger partial charge in [0.25, 0.3) is 0 Å². The summed E-state index contributed by atoms with van der Waals surface area (Å²) >= 11 is 0.149. The fraction of sp³-hybridized carbons (Fsp3) is 0.282. The molecule has 49 heavy (non-hydrogen) atoms. The normalized spacial score (nSPS) is 15.6. The third kappa shape index (κ3) is 9.17. The van der Waals surface area contributed by atoms with Gasteiger partial charge < -0.3 is 10.2 Å². The number of unbranched alkanes of at least 4 members (excludes halogenated alkanes) is 2. The summed E-state index contributed by atoms with van der Waals surface area (Å²) in [6, 6.07) is 13.2. The molecule has 0 saturated heterocycles. The average molecular weight is 779 g/mol. The summed E-state index contributed by atoms with van der Waals surface area (Å²) in [5.74, 6) is -13.4. The minimum absolute atomic E-state index is 0.102. The molecule has 0 unspecified atom stereocenters. The Labute approximate surface area is 294 Å². The molecule has 0 radical (unpaired) electrons. The molecule has 0 saturated carbocycles. The number of rotatable bonds is 11. The maximum Gasteiger partial charge on any atom is 0.200 e. The largest absolute Gasteiger partial charge is 0.871 e. The second kappa shape index (κ2) is 17.6. The molecule has 0 atom stereocenters. The number of halogens is 5. The first-order chi connectivity index (χ1) is 23.5. The summed E-state index contributed by atoms with van der Waals surface area (Å²) in [4.78, 5) is 8.40. The van der Waals surface area contributed by atoms with Gasteiger partial charge in [0.15, 0.2) is 23.3 Å². The van der Waals surface area contributed by atoms with E-state index >= 15 is 8.78 Å². The second-order valence-corrected chi connectivity index (χ2v) is 16.1. The molecule has 0 fully saturated rings. The Kier molecular flexibility index (Phi) is 13.6. The Morgan fingerprint density at radius 1 is 0.592 bits per heavy atom. The predicted molar refractivity (Wildman–Crippen MR) is 184 cm³/mol. The smallest absolute Gasteiger partial charge is 0.200 e. The van der Waals surface area contributed by atoms with Crippen LogP contribution in [0.2, 0.25) is 8.87 Å². The van der Waals surface area contributed by atoms with Gasteiger partial charge in [0.2, 0.25) is 5.82 Å². The summed E-state index contributed by atoms with van der Waals surface area (Å²) in [6.07, 6.45) is 10.9. The van der Waals surface area contributed by atoms with Crippen LogP contribution < -0.4 is 10.2 Å². The summed E-state index contributed by atoms with van der Waals surface area (Å²) < 4.78 is 75.7. The molecule has 2 aliphatic heterocycles. The van der Waals surface area contributed by atoms with Gasteiger partial charge in [-0.3, -0.25) is 9.98 Å². The molecule has 0 bridgehead atoms. The van der Waals surface area contributed by atoms with E-state index in [1.54, 1.807) is 57.4 Å². The number of aliphatic imine (C=N–C) groups is 2. The van der Waals surface area contributed by atoms with Gasteiger partial charge in [-0.1, -0.05) is 71.2 Å². The van der Waals surface area contributed by atoms with Gasteiger partial charge in [-0.05, 0) is 49.3 Å². The van der Waals surface area contributed by atoms with E-state index in [0.717, 1.165) is 11.1 Å². The minimum Gasteiger partial charge on any atom is -0.871 e. The Balaban J connectivity index is 0.000000529. The van der Waals surface area contributed by atoms with E-state index in [9.17, 15) is 23.4 Å². The number of benzene rings is 3. The summed E-state index contributed by atoms with van der Waals surface area (Å²) in [5, 5.41) is 26.0. The van der Waals surface area contributed by atoms with E-state index < -0.39 is 52.1 Å². The third-order valence-corrected chi connectivity index (χ3v) is 12.0. The average Bonchev–Trinajstić information content (AvgIpc) is 3.80. The van der Waals surface area contributed by atoms with Crippen LogP contribution in [0.15, 0.2) is 94.2 Å². The van der Waals surface area contributed by atoms with E-state index in [-0.39, 0.29) is 44.0 Å². The molecular weight excluding hydrogens is 742 g/mol. The standard InChI is InChI=1S/C31H21F5N2O2.2C4H9.Sn/c1-15-3-7-17(8-4-15)30(39)21-13-11-19(37-21)23(24-25(32)27(34)29(36)28(35)26(24)33)20-12-14-22(38-20)31(40)18-9-5-16(2)6-10-18;2*1-3-4-2;/h3-14,23,39-40H,1-2H3;2*1,3-4H2,2H3;/q;;;+2/p-2/b30-21-,31-22-;;;. The van der Waals surface area contributed by atoms with Gasteiger partial charge in [0.05, 0.1) is 28.7 Å². The maximum absolute atomic E-state index is 15.0. The van der Waals surface area contributed by atoms with Crippen LogP contribution in [0.3, 0.4) is 0 Å². The van der Waals surface area contributed by atoms with E-state index in [2.05, 4.69) is 23.8 Å². The third-order valence-electron chi connectivity index (χ3n) is 7.95. The van der Waals surface area contributed by atoms with Crippen LogP contribution in [0.1, 0.15) is 73.3 Å². The van der Waals surface area contributed by atoms with Gasteiger partial charge in [0.1, 0.15) is 0 Å². The van der Waals surface area contributed by atoms with Crippen molar-refractivity contribution in [1.29, 1.82) is 0 Å². The Morgan fingerprint density at radius 2 is 0.959 bits per heavy atom. The van der Waals surface area contributed by atoms with Gasteiger partial charge >= 0.3 is 69.5 Å². The van der Waals surface area contributed by atoms with Crippen molar-refractivity contribution in [2.75, 3.05) is 0 Å². The summed E-state index contributed by atoms with van der Waals surface area (Å²) in [6.45, 7) is 8.26. The van der Waals surface area contributed by atoms with Gasteiger partial charge in [0, 0.05) is 5.56 Å². The van der Waals surface area contributed by atoms with Gasteiger partial charge in [-0.25, -0.2) is 22.0 Å². The zero-order chi connectivity index (χ0) is 35.7. The SMILES string of the molecule is CCC[CH2][Sn+2][CH2]CCC.Cc1ccc(/C([O-])=C2\C=CC(C(C3=N/C(=C(\[O-])c4ccc(C)cc4)C=C3)c3c(F)c(F)c(F)c(F)c3F)=N2)cc1. The van der Waals surface area contributed by atoms with Gasteiger partial charge in [-0.15, -0.1) is 0 Å². The van der Waals surface area contributed by atoms with Crippen LogP contribution in [-0.4, -0.2) is 32.6 Å². The zero-order valence-electron chi connectivity index (χ0n) is 27.8. The molecule has 2 heterocycles.